The van der Waals surface area contributed by atoms with Crippen LogP contribution in [0.3, 0.4) is 0 Å². The van der Waals surface area contributed by atoms with E-state index in [1.807, 2.05) is 55.5 Å². The number of H-pyrrole nitrogens is 1. The molecule has 1 aromatic heterocycles. The highest BCUT2D eigenvalue weighted by Gasteiger charge is 2.42. The van der Waals surface area contributed by atoms with Gasteiger partial charge in [-0.3, -0.25) is 9.89 Å². The Labute approximate surface area is 232 Å². The van der Waals surface area contributed by atoms with E-state index in [-0.39, 0.29) is 11.7 Å². The van der Waals surface area contributed by atoms with Crippen LogP contribution in [-0.2, 0) is 6.54 Å². The molecule has 0 spiro atoms. The van der Waals surface area contributed by atoms with Gasteiger partial charge in [0.25, 0.3) is 5.91 Å². The number of aromatic nitrogens is 2. The van der Waals surface area contributed by atoms with E-state index in [1.165, 1.54) is 0 Å². The number of benzene rings is 3. The number of ether oxygens (including phenoxy) is 1. The van der Waals surface area contributed by atoms with E-state index >= 15 is 0 Å². The monoisotopic (exact) mass is 549 g/mol. The minimum Gasteiger partial charge on any atom is -0.507 e. The fourth-order valence-electron chi connectivity index (χ4n) is 4.87. The van der Waals surface area contributed by atoms with E-state index in [1.54, 1.807) is 17.0 Å². The van der Waals surface area contributed by atoms with Gasteiger partial charge in [0.1, 0.15) is 22.9 Å². The zero-order valence-electron chi connectivity index (χ0n) is 21.3. The van der Waals surface area contributed by atoms with Crippen LogP contribution in [0, 0.1) is 6.92 Å². The third-order valence-electron chi connectivity index (χ3n) is 6.91. The molecule has 2 N–H and O–H groups in total. The minimum atomic E-state index is -0.462. The average molecular weight is 550 g/mol. The van der Waals surface area contributed by atoms with Gasteiger partial charge in [-0.1, -0.05) is 73.3 Å². The lowest BCUT2D eigenvalue weighted by molar-refractivity contribution is 0.0730. The molecule has 1 aliphatic heterocycles. The zero-order chi connectivity index (χ0) is 26.8. The minimum absolute atomic E-state index is 0.0489. The molecule has 1 unspecified atom stereocenters. The molecule has 4 aromatic rings. The van der Waals surface area contributed by atoms with E-state index < -0.39 is 6.04 Å². The number of aromatic amines is 1. The van der Waals surface area contributed by atoms with Crippen molar-refractivity contribution in [2.75, 3.05) is 6.61 Å². The number of carbonyl (C=O) groups excluding carboxylic acids is 1. The summed E-state index contributed by atoms with van der Waals surface area (Å²) in [6.45, 7) is 4.96. The number of nitrogens with zero attached hydrogens (tertiary/aromatic N) is 2. The van der Waals surface area contributed by atoms with Crippen LogP contribution in [0.25, 0.3) is 11.3 Å². The third kappa shape index (κ3) is 4.98. The molecule has 0 bridgehead atoms. The van der Waals surface area contributed by atoms with Crippen molar-refractivity contribution in [3.05, 3.63) is 98.7 Å². The summed E-state index contributed by atoms with van der Waals surface area (Å²) in [5.74, 6) is 0.636. The van der Waals surface area contributed by atoms with Crippen LogP contribution < -0.4 is 4.74 Å². The summed E-state index contributed by atoms with van der Waals surface area (Å²) in [4.78, 5) is 15.5. The van der Waals surface area contributed by atoms with Crippen LogP contribution >= 0.6 is 23.2 Å². The molecule has 0 aliphatic carbocycles. The van der Waals surface area contributed by atoms with Crippen LogP contribution in [0.2, 0.25) is 10.0 Å². The van der Waals surface area contributed by atoms with E-state index in [9.17, 15) is 9.90 Å². The Hall–Kier alpha value is -3.48. The van der Waals surface area contributed by atoms with Crippen LogP contribution in [0.1, 0.15) is 65.0 Å². The highest BCUT2D eigenvalue weighted by atomic mass is 35.5. The molecule has 6 nitrogen and oxygen atoms in total. The Morgan fingerprint density at radius 3 is 2.55 bits per heavy atom. The maximum absolute atomic E-state index is 13.7. The van der Waals surface area contributed by atoms with Gasteiger partial charge in [-0.2, -0.15) is 5.10 Å². The summed E-state index contributed by atoms with van der Waals surface area (Å²) < 4.78 is 5.91. The van der Waals surface area contributed by atoms with Crippen molar-refractivity contribution >= 4 is 29.1 Å². The van der Waals surface area contributed by atoms with Crippen molar-refractivity contribution in [1.29, 1.82) is 0 Å². The van der Waals surface area contributed by atoms with Crippen molar-refractivity contribution in [2.24, 2.45) is 0 Å². The first-order chi connectivity index (χ1) is 18.4. The Bertz CT molecular complexity index is 1470. The maximum Gasteiger partial charge on any atom is 0.273 e. The summed E-state index contributed by atoms with van der Waals surface area (Å²) >= 11 is 12.9. The second-order valence-corrected chi connectivity index (χ2v) is 10.3. The number of unbranched alkanes of at least 4 members (excludes halogenated alkanes) is 2. The predicted octanol–water partition coefficient (Wildman–Crippen LogP) is 7.71. The van der Waals surface area contributed by atoms with Crippen molar-refractivity contribution < 1.29 is 14.6 Å². The van der Waals surface area contributed by atoms with Crippen LogP contribution in [0.15, 0.2) is 60.7 Å². The first-order valence-corrected chi connectivity index (χ1v) is 13.5. The molecule has 1 atom stereocenters. The zero-order valence-corrected chi connectivity index (χ0v) is 22.8. The molecule has 196 valence electrons. The van der Waals surface area contributed by atoms with Gasteiger partial charge in [0.2, 0.25) is 0 Å². The molecule has 1 aliphatic rings. The Balaban J connectivity index is 1.57. The number of hydrogen-bond donors (Lipinski definition) is 2. The topological polar surface area (TPSA) is 78.5 Å². The number of carbonyl (C=O) groups is 1. The lowest BCUT2D eigenvalue weighted by atomic mass is 9.95. The van der Waals surface area contributed by atoms with E-state index in [4.69, 9.17) is 27.9 Å². The van der Waals surface area contributed by atoms with Crippen molar-refractivity contribution in [3.63, 3.8) is 0 Å². The number of phenolic OH excluding ortho intramolecular Hbond substituents is 1. The third-order valence-corrected chi connectivity index (χ3v) is 7.68. The average Bonchev–Trinajstić information content (AvgIpc) is 3.45. The second-order valence-electron chi connectivity index (χ2n) is 9.53. The van der Waals surface area contributed by atoms with Crippen molar-refractivity contribution in [2.45, 2.75) is 45.7 Å². The SMILES string of the molecule is CCCCCOc1ccc(C2c3c(-c4cc(Cl)c(C)cc4O)n[nH]c3C(=O)N2Cc2ccccc2Cl)cc1. The van der Waals surface area contributed by atoms with Crippen LogP contribution in [0.5, 0.6) is 11.5 Å². The number of amides is 1. The molecular formula is C30H29Cl2N3O3. The van der Waals surface area contributed by atoms with Gasteiger partial charge in [-0.05, 0) is 60.4 Å². The van der Waals surface area contributed by atoms with Gasteiger partial charge in [0.15, 0.2) is 0 Å². The van der Waals surface area contributed by atoms with Gasteiger partial charge in [-0.15, -0.1) is 0 Å². The summed E-state index contributed by atoms with van der Waals surface area (Å²) in [6.07, 6.45) is 3.27. The number of hydrogen-bond acceptors (Lipinski definition) is 4. The summed E-state index contributed by atoms with van der Waals surface area (Å²) in [7, 11) is 0. The predicted molar refractivity (Wildman–Crippen MR) is 150 cm³/mol. The molecule has 8 heteroatoms. The lowest BCUT2D eigenvalue weighted by Gasteiger charge is -2.27. The number of aryl methyl sites for hydroxylation is 1. The Morgan fingerprint density at radius 1 is 1.05 bits per heavy atom. The van der Waals surface area contributed by atoms with Gasteiger partial charge < -0.3 is 14.7 Å². The van der Waals surface area contributed by atoms with Gasteiger partial charge in [0, 0.05) is 27.7 Å². The van der Waals surface area contributed by atoms with E-state index in [2.05, 4.69) is 17.1 Å². The second kappa shape index (κ2) is 11.1. The highest BCUT2D eigenvalue weighted by Crippen LogP contribution is 2.46. The van der Waals surface area contributed by atoms with Crippen LogP contribution in [0.4, 0.5) is 0 Å². The molecule has 1 amide bonds. The number of rotatable bonds is 9. The van der Waals surface area contributed by atoms with Crippen LogP contribution in [-0.4, -0.2) is 32.7 Å². The normalized spacial score (nSPS) is 14.7. The van der Waals surface area contributed by atoms with E-state index in [0.717, 1.165) is 41.7 Å². The largest absolute Gasteiger partial charge is 0.507 e. The molecule has 0 radical (unpaired) electrons. The first kappa shape index (κ1) is 26.1. The number of nitrogens with one attached hydrogen (secondary N) is 1. The quantitative estimate of drug-likeness (QED) is 0.209. The smallest absolute Gasteiger partial charge is 0.273 e. The molecular weight excluding hydrogens is 521 g/mol. The standard InChI is InChI=1S/C30H29Cl2N3O3/c1-3-4-7-14-38-21-12-10-19(11-13-21)29-26-27(22-16-24(32)18(2)15-25(22)36)33-34-28(26)30(37)35(29)17-20-8-5-6-9-23(20)31/h5-6,8-13,15-16,29,36H,3-4,7,14,17H2,1-2H3,(H,33,34). The number of halogens is 2. The lowest BCUT2D eigenvalue weighted by Crippen LogP contribution is -2.29. The van der Waals surface area contributed by atoms with Crippen molar-refractivity contribution in [3.8, 4) is 22.8 Å². The maximum atomic E-state index is 13.7. The fourth-order valence-corrected chi connectivity index (χ4v) is 5.23. The molecule has 3 aromatic carbocycles. The number of aromatic hydroxyl groups is 1. The van der Waals surface area contributed by atoms with Gasteiger partial charge >= 0.3 is 0 Å². The Kier molecular flexibility index (Phi) is 7.63. The van der Waals surface area contributed by atoms with Crippen molar-refractivity contribution in [1.82, 2.24) is 15.1 Å². The molecule has 0 saturated carbocycles. The molecule has 2 heterocycles. The van der Waals surface area contributed by atoms with Gasteiger partial charge in [0.05, 0.1) is 12.6 Å². The first-order valence-electron chi connectivity index (χ1n) is 12.7. The summed E-state index contributed by atoms with van der Waals surface area (Å²) in [6, 6.07) is 18.1. The summed E-state index contributed by atoms with van der Waals surface area (Å²) in [5, 5.41) is 19.3. The Morgan fingerprint density at radius 2 is 1.82 bits per heavy atom. The van der Waals surface area contributed by atoms with Gasteiger partial charge in [-0.25, -0.2) is 0 Å². The number of phenols is 1. The van der Waals surface area contributed by atoms with E-state index in [0.29, 0.717) is 45.7 Å². The molecule has 5 rings (SSSR count). The highest BCUT2D eigenvalue weighted by molar-refractivity contribution is 6.32. The number of fused-ring (bicyclic) bond motifs is 1. The molecule has 0 saturated heterocycles. The fraction of sp³-hybridized carbons (Fsp3) is 0.267. The molecule has 38 heavy (non-hydrogen) atoms. The molecule has 0 fully saturated rings. The summed E-state index contributed by atoms with van der Waals surface area (Å²) in [5.41, 5.74) is 4.50.